The first-order valence-electron chi connectivity index (χ1n) is 12.3. The van der Waals surface area contributed by atoms with Gasteiger partial charge in [0.2, 0.25) is 5.91 Å². The fourth-order valence-corrected chi connectivity index (χ4v) is 5.34. The van der Waals surface area contributed by atoms with Crippen LogP contribution in [0.2, 0.25) is 5.02 Å². The molecule has 0 saturated heterocycles. The van der Waals surface area contributed by atoms with Crippen molar-refractivity contribution in [2.45, 2.75) is 25.4 Å². The molecule has 3 aromatic carbocycles. The van der Waals surface area contributed by atoms with Crippen LogP contribution in [0.5, 0.6) is 0 Å². The number of nitrogens with one attached hydrogen (secondary N) is 1. The molecule has 0 fully saturated rings. The lowest BCUT2D eigenvalue weighted by Gasteiger charge is -2.14. The SMILES string of the molecule is CCc1ccc(-n2c(SCC(=O)Nc3ccc(C)c(Cl)c3)nc3c(-c4ccccc4)cn(C)c3c2=O)cc1. The molecule has 0 spiro atoms. The molecule has 0 saturated carbocycles. The number of fused-ring (bicyclic) bond motifs is 1. The average molecular weight is 543 g/mol. The first-order valence-corrected chi connectivity index (χ1v) is 13.7. The van der Waals surface area contributed by atoms with E-state index in [0.717, 1.165) is 23.1 Å². The molecule has 192 valence electrons. The Labute approximate surface area is 230 Å². The summed E-state index contributed by atoms with van der Waals surface area (Å²) >= 11 is 7.44. The summed E-state index contributed by atoms with van der Waals surface area (Å²) in [5, 5.41) is 3.92. The first-order chi connectivity index (χ1) is 18.4. The number of amides is 1. The molecular formula is C30H27ClN4O2S. The Morgan fingerprint density at radius 2 is 1.79 bits per heavy atom. The topological polar surface area (TPSA) is 68.9 Å². The molecule has 1 amide bonds. The van der Waals surface area contributed by atoms with Gasteiger partial charge in [0, 0.05) is 29.5 Å². The molecule has 8 heteroatoms. The van der Waals surface area contributed by atoms with E-state index in [-0.39, 0.29) is 17.2 Å². The van der Waals surface area contributed by atoms with Crippen molar-refractivity contribution < 1.29 is 4.79 Å². The Balaban J connectivity index is 1.57. The number of hydrogen-bond acceptors (Lipinski definition) is 4. The molecule has 2 heterocycles. The normalized spacial score (nSPS) is 11.2. The molecule has 1 N–H and O–H groups in total. The van der Waals surface area contributed by atoms with Gasteiger partial charge in [-0.25, -0.2) is 4.98 Å². The highest BCUT2D eigenvalue weighted by Gasteiger charge is 2.20. The minimum absolute atomic E-state index is 0.0734. The zero-order chi connectivity index (χ0) is 26.8. The summed E-state index contributed by atoms with van der Waals surface area (Å²) in [7, 11) is 1.86. The van der Waals surface area contributed by atoms with Gasteiger partial charge in [0.15, 0.2) is 5.16 Å². The van der Waals surface area contributed by atoms with Crippen LogP contribution in [0.4, 0.5) is 5.69 Å². The zero-order valence-corrected chi connectivity index (χ0v) is 22.9. The Kier molecular flexibility index (Phi) is 7.40. The van der Waals surface area contributed by atoms with Crippen molar-refractivity contribution >= 4 is 46.0 Å². The molecule has 38 heavy (non-hydrogen) atoms. The first kappa shape index (κ1) is 25.8. The van der Waals surface area contributed by atoms with E-state index in [9.17, 15) is 9.59 Å². The predicted octanol–water partition coefficient (Wildman–Crippen LogP) is 6.65. The van der Waals surface area contributed by atoms with Crippen LogP contribution in [-0.4, -0.2) is 25.8 Å². The third-order valence-electron chi connectivity index (χ3n) is 6.43. The number of rotatable bonds is 7. The van der Waals surface area contributed by atoms with Crippen LogP contribution in [0, 0.1) is 6.92 Å². The molecule has 0 aliphatic rings. The quantitative estimate of drug-likeness (QED) is 0.185. The third-order valence-corrected chi connectivity index (χ3v) is 7.78. The molecule has 0 aliphatic heterocycles. The summed E-state index contributed by atoms with van der Waals surface area (Å²) in [5.41, 5.74) is 6.21. The third kappa shape index (κ3) is 5.12. The van der Waals surface area contributed by atoms with Crippen LogP contribution in [0.1, 0.15) is 18.1 Å². The zero-order valence-electron chi connectivity index (χ0n) is 21.4. The summed E-state index contributed by atoms with van der Waals surface area (Å²) < 4.78 is 3.42. The Morgan fingerprint density at radius 1 is 1.05 bits per heavy atom. The minimum atomic E-state index is -0.214. The van der Waals surface area contributed by atoms with E-state index >= 15 is 0 Å². The minimum Gasteiger partial charge on any atom is -0.344 e. The predicted molar refractivity (Wildman–Crippen MR) is 157 cm³/mol. The van der Waals surface area contributed by atoms with Gasteiger partial charge in [-0.3, -0.25) is 14.2 Å². The molecule has 0 radical (unpaired) electrons. The van der Waals surface area contributed by atoms with Gasteiger partial charge in [0.05, 0.1) is 11.4 Å². The number of carbonyl (C=O) groups excluding carboxylic acids is 1. The fraction of sp³-hybridized carbons (Fsp3) is 0.167. The number of anilines is 1. The smallest absolute Gasteiger partial charge is 0.283 e. The monoisotopic (exact) mass is 542 g/mol. The van der Waals surface area contributed by atoms with Gasteiger partial charge in [-0.2, -0.15) is 0 Å². The van der Waals surface area contributed by atoms with Gasteiger partial charge in [-0.15, -0.1) is 0 Å². The van der Waals surface area contributed by atoms with E-state index in [1.54, 1.807) is 10.6 Å². The largest absolute Gasteiger partial charge is 0.344 e. The summed E-state index contributed by atoms with van der Waals surface area (Å²) in [4.78, 5) is 31.8. The van der Waals surface area contributed by atoms with E-state index in [1.807, 2.05) is 91.5 Å². The second-order valence-electron chi connectivity index (χ2n) is 9.07. The number of carbonyl (C=O) groups is 1. The van der Waals surface area contributed by atoms with Crippen LogP contribution in [0.3, 0.4) is 0 Å². The van der Waals surface area contributed by atoms with Gasteiger partial charge in [0.25, 0.3) is 5.56 Å². The number of aryl methyl sites for hydroxylation is 3. The van der Waals surface area contributed by atoms with Crippen LogP contribution >= 0.6 is 23.4 Å². The molecule has 5 aromatic rings. The molecule has 2 aromatic heterocycles. The van der Waals surface area contributed by atoms with E-state index < -0.39 is 0 Å². The number of thioether (sulfide) groups is 1. The number of halogens is 1. The Hall–Kier alpha value is -3.81. The van der Waals surface area contributed by atoms with E-state index in [4.69, 9.17) is 16.6 Å². The van der Waals surface area contributed by atoms with Crippen molar-refractivity contribution in [3.05, 3.63) is 105 Å². The number of nitrogens with zero attached hydrogens (tertiary/aromatic N) is 3. The number of aromatic nitrogens is 3. The maximum atomic E-state index is 13.9. The fourth-order valence-electron chi connectivity index (χ4n) is 4.35. The Morgan fingerprint density at radius 3 is 2.47 bits per heavy atom. The van der Waals surface area contributed by atoms with E-state index in [2.05, 4.69) is 12.2 Å². The number of benzene rings is 3. The summed E-state index contributed by atoms with van der Waals surface area (Å²) in [6.45, 7) is 4.00. The van der Waals surface area contributed by atoms with Crippen molar-refractivity contribution in [2.24, 2.45) is 7.05 Å². The van der Waals surface area contributed by atoms with Gasteiger partial charge in [-0.1, -0.05) is 78.8 Å². The van der Waals surface area contributed by atoms with Crippen LogP contribution in [0.15, 0.2) is 88.9 Å². The lowest BCUT2D eigenvalue weighted by atomic mass is 10.1. The van der Waals surface area contributed by atoms with Crippen molar-refractivity contribution in [3.63, 3.8) is 0 Å². The van der Waals surface area contributed by atoms with Gasteiger partial charge < -0.3 is 9.88 Å². The highest BCUT2D eigenvalue weighted by molar-refractivity contribution is 7.99. The van der Waals surface area contributed by atoms with Gasteiger partial charge >= 0.3 is 0 Å². The van der Waals surface area contributed by atoms with E-state index in [1.165, 1.54) is 17.3 Å². The molecule has 6 nitrogen and oxygen atoms in total. The second-order valence-corrected chi connectivity index (χ2v) is 10.4. The average Bonchev–Trinajstić information content (AvgIpc) is 3.26. The molecule has 0 bridgehead atoms. The second kappa shape index (κ2) is 10.9. The highest BCUT2D eigenvalue weighted by atomic mass is 35.5. The maximum Gasteiger partial charge on any atom is 0.283 e. The van der Waals surface area contributed by atoms with Crippen molar-refractivity contribution in [1.82, 2.24) is 14.1 Å². The highest BCUT2D eigenvalue weighted by Crippen LogP contribution is 2.30. The lowest BCUT2D eigenvalue weighted by molar-refractivity contribution is -0.113. The molecule has 5 rings (SSSR count). The molecule has 0 unspecified atom stereocenters. The van der Waals surface area contributed by atoms with Crippen molar-refractivity contribution in [1.29, 1.82) is 0 Å². The van der Waals surface area contributed by atoms with Crippen molar-refractivity contribution in [2.75, 3.05) is 11.1 Å². The number of hydrogen-bond donors (Lipinski definition) is 1. The van der Waals surface area contributed by atoms with E-state index in [0.29, 0.717) is 32.6 Å². The summed E-state index contributed by atoms with van der Waals surface area (Å²) in [5.74, 6) is -0.141. The van der Waals surface area contributed by atoms with Crippen LogP contribution in [0.25, 0.3) is 27.8 Å². The van der Waals surface area contributed by atoms with Gasteiger partial charge in [-0.05, 0) is 54.3 Å². The van der Waals surface area contributed by atoms with Gasteiger partial charge in [0.1, 0.15) is 11.0 Å². The van der Waals surface area contributed by atoms with Crippen molar-refractivity contribution in [3.8, 4) is 16.8 Å². The summed E-state index contributed by atoms with van der Waals surface area (Å²) in [6, 6.07) is 23.1. The molecule has 0 aliphatic carbocycles. The standard InChI is InChI=1S/C30H27ClN4O2S/c1-4-20-11-14-23(15-12-20)35-29(37)28-27(24(17-34(28)3)21-8-6-5-7-9-21)33-30(35)38-18-26(36)32-22-13-10-19(2)25(31)16-22/h5-17H,4,18H2,1-3H3,(H,32,36). The molecular weight excluding hydrogens is 516 g/mol. The molecule has 0 atom stereocenters. The van der Waals surface area contributed by atoms with Crippen LogP contribution in [-0.2, 0) is 18.3 Å². The Bertz CT molecular complexity index is 1690. The lowest BCUT2D eigenvalue weighted by Crippen LogP contribution is -2.24. The van der Waals surface area contributed by atoms with Crippen LogP contribution < -0.4 is 10.9 Å². The summed E-state index contributed by atoms with van der Waals surface area (Å²) in [6.07, 6.45) is 2.83. The maximum absolute atomic E-state index is 13.9.